The zero-order chi connectivity index (χ0) is 16.5. The molecule has 1 heterocycles. The van der Waals surface area contributed by atoms with E-state index in [9.17, 15) is 0 Å². The van der Waals surface area contributed by atoms with E-state index in [-0.39, 0.29) is 0 Å². The molecule has 0 aromatic rings. The Balaban J connectivity index is -0.000000180. The Bertz CT molecular complexity index is 309. The molecule has 0 spiro atoms. The lowest BCUT2D eigenvalue weighted by Crippen LogP contribution is -1.74. The quantitative estimate of drug-likeness (QED) is 0.208. The highest BCUT2D eigenvalue weighted by Crippen LogP contribution is 2.26. The van der Waals surface area contributed by atoms with Gasteiger partial charge in [0.1, 0.15) is 0 Å². The molecule has 1 aliphatic heterocycles. The van der Waals surface area contributed by atoms with Crippen LogP contribution in [0.4, 0.5) is 0 Å². The molecule has 118 valence electrons. The number of hydrogen-bond donors (Lipinski definition) is 9. The van der Waals surface area contributed by atoms with Crippen molar-refractivity contribution in [2.75, 3.05) is 7.05 Å². The Kier molecular flexibility index (Phi) is 12.2. The molecule has 13 nitrogen and oxygen atoms in total. The Morgan fingerprint density at radius 2 is 0.684 bits per heavy atom. The normalized spacial score (nSPS) is 13.1. The van der Waals surface area contributed by atoms with Crippen molar-refractivity contribution in [3.05, 3.63) is 12.4 Å². The van der Waals surface area contributed by atoms with Crippen molar-refractivity contribution in [1.29, 1.82) is 0 Å². The molecule has 0 bridgehead atoms. The summed E-state index contributed by atoms with van der Waals surface area (Å²) in [6, 6.07) is 0. The molecule has 0 fully saturated rings. The van der Waals surface area contributed by atoms with Crippen molar-refractivity contribution in [2.45, 2.75) is 0 Å². The van der Waals surface area contributed by atoms with Crippen molar-refractivity contribution in [1.82, 2.24) is 4.90 Å². The maximum atomic E-state index is 8.88. The van der Waals surface area contributed by atoms with Gasteiger partial charge in [-0.15, -0.1) is 0 Å². The van der Waals surface area contributed by atoms with Gasteiger partial charge in [-0.25, -0.2) is 13.7 Å². The largest absolute Gasteiger partial charge is 0.466 e. The molecule has 0 aromatic carbocycles. The summed E-state index contributed by atoms with van der Waals surface area (Å²) in [6.07, 6.45) is 4.00. The second-order valence-electron chi connectivity index (χ2n) is 2.50. The Hall–Kier alpha value is -0.130. The van der Waals surface area contributed by atoms with Gasteiger partial charge >= 0.3 is 23.5 Å². The SMILES string of the molecule is CN1C=C1.O=P(O)(O)O.O=P(O)(O)O.O=P(O)(O)O. The van der Waals surface area contributed by atoms with E-state index in [1.807, 2.05) is 24.3 Å². The molecule has 0 aromatic heterocycles. The molecule has 0 radical (unpaired) electrons. The van der Waals surface area contributed by atoms with Crippen LogP contribution in [-0.2, 0) is 13.7 Å². The van der Waals surface area contributed by atoms with Gasteiger partial charge in [0.05, 0.1) is 0 Å². The molecule has 0 saturated carbocycles. The van der Waals surface area contributed by atoms with Crippen LogP contribution in [0.2, 0.25) is 0 Å². The molecular formula is C3H14NO12P3. The third-order valence-electron chi connectivity index (χ3n) is 0.447. The molecule has 16 heteroatoms. The number of hydrogen-bond acceptors (Lipinski definition) is 4. The molecule has 0 unspecified atom stereocenters. The number of nitrogens with zero attached hydrogens (tertiary/aromatic N) is 1. The minimum atomic E-state index is -4.64. The predicted octanol–water partition coefficient (Wildman–Crippen LogP) is -2.38. The topological polar surface area (TPSA) is 236 Å². The first kappa shape index (κ1) is 23.9. The number of phosphoric acid groups is 3. The van der Waals surface area contributed by atoms with Gasteiger partial charge in [-0.3, -0.25) is 0 Å². The van der Waals surface area contributed by atoms with E-state index >= 15 is 0 Å². The van der Waals surface area contributed by atoms with E-state index in [1.165, 1.54) is 0 Å². The van der Waals surface area contributed by atoms with Crippen LogP contribution in [0.15, 0.2) is 12.4 Å². The zero-order valence-electron chi connectivity index (χ0n) is 9.19. The minimum Gasteiger partial charge on any atom is -0.354 e. The average Bonchev–Trinajstić information content (AvgIpc) is 2.57. The predicted molar refractivity (Wildman–Crippen MR) is 59.7 cm³/mol. The molecule has 19 heavy (non-hydrogen) atoms. The summed E-state index contributed by atoms with van der Waals surface area (Å²) in [7, 11) is -11.9. The fraction of sp³-hybridized carbons (Fsp3) is 0.333. The first-order chi connectivity index (χ1) is 7.89. The van der Waals surface area contributed by atoms with Crippen LogP contribution in [0.1, 0.15) is 0 Å². The maximum absolute atomic E-state index is 8.88. The van der Waals surface area contributed by atoms with Crippen molar-refractivity contribution in [3.63, 3.8) is 0 Å². The van der Waals surface area contributed by atoms with Crippen LogP contribution in [0.5, 0.6) is 0 Å². The van der Waals surface area contributed by atoms with Crippen LogP contribution < -0.4 is 0 Å². The van der Waals surface area contributed by atoms with Gasteiger partial charge in [0.2, 0.25) is 0 Å². The Morgan fingerprint density at radius 3 is 0.684 bits per heavy atom. The highest BCUT2D eigenvalue weighted by atomic mass is 31.2. The molecule has 0 atom stereocenters. The van der Waals surface area contributed by atoms with E-state index in [0.717, 1.165) is 0 Å². The third kappa shape index (κ3) is 546. The molecule has 0 amide bonds. The van der Waals surface area contributed by atoms with Gasteiger partial charge in [0.15, 0.2) is 0 Å². The van der Waals surface area contributed by atoms with Crippen molar-refractivity contribution in [3.8, 4) is 0 Å². The van der Waals surface area contributed by atoms with Gasteiger partial charge in [0.25, 0.3) is 0 Å². The zero-order valence-corrected chi connectivity index (χ0v) is 11.9. The minimum absolute atomic E-state index is 2.00. The van der Waals surface area contributed by atoms with Crippen LogP contribution in [-0.4, -0.2) is 56.0 Å². The lowest BCUT2D eigenvalue weighted by atomic mass is 11.3. The summed E-state index contributed by atoms with van der Waals surface area (Å²) in [5.41, 5.74) is 0. The molecule has 0 saturated heterocycles. The van der Waals surface area contributed by atoms with Crippen LogP contribution in [0.3, 0.4) is 0 Å². The molecule has 0 aliphatic carbocycles. The van der Waals surface area contributed by atoms with Gasteiger partial charge in [-0.05, 0) is 0 Å². The second-order valence-corrected chi connectivity index (χ2v) is 5.58. The lowest BCUT2D eigenvalue weighted by Gasteiger charge is -1.82. The van der Waals surface area contributed by atoms with Gasteiger partial charge < -0.3 is 48.9 Å². The fourth-order valence-corrected chi connectivity index (χ4v) is 0.0667. The van der Waals surface area contributed by atoms with E-state index < -0.39 is 23.5 Å². The van der Waals surface area contributed by atoms with E-state index in [0.29, 0.717) is 0 Å². The molecular weight excluding hydrogens is 335 g/mol. The highest BCUT2D eigenvalue weighted by molar-refractivity contribution is 7.45. The Labute approximate surface area is 106 Å². The van der Waals surface area contributed by atoms with Crippen molar-refractivity contribution >= 4 is 23.5 Å². The second kappa shape index (κ2) is 9.72. The van der Waals surface area contributed by atoms with Gasteiger partial charge in [0, 0.05) is 19.4 Å². The standard InChI is InChI=1S/C3H5N.3H3O4P/c1-4-2-3-4;3*1-5(2,3)4/h2-3H,1H3;3*(H3,1,2,3,4). The summed E-state index contributed by atoms with van der Waals surface area (Å²) in [6.45, 7) is 0. The lowest BCUT2D eigenvalue weighted by molar-refractivity contribution is 0.272. The summed E-state index contributed by atoms with van der Waals surface area (Å²) in [5, 5.41) is 0. The Morgan fingerprint density at radius 1 is 0.632 bits per heavy atom. The van der Waals surface area contributed by atoms with Crippen molar-refractivity contribution in [2.24, 2.45) is 0 Å². The molecule has 9 N–H and O–H groups in total. The monoisotopic (exact) mass is 349 g/mol. The van der Waals surface area contributed by atoms with Crippen LogP contribution in [0.25, 0.3) is 0 Å². The van der Waals surface area contributed by atoms with Crippen molar-refractivity contribution < 1.29 is 57.7 Å². The maximum Gasteiger partial charge on any atom is 0.466 e. The summed E-state index contributed by atoms with van der Waals surface area (Å²) < 4.78 is 26.6. The third-order valence-corrected chi connectivity index (χ3v) is 0.447. The molecule has 1 rings (SSSR count). The van der Waals surface area contributed by atoms with Gasteiger partial charge in [-0.1, -0.05) is 0 Å². The first-order valence-electron chi connectivity index (χ1n) is 3.64. The van der Waals surface area contributed by atoms with Gasteiger partial charge in [-0.2, -0.15) is 0 Å². The van der Waals surface area contributed by atoms with E-state index in [4.69, 9.17) is 57.7 Å². The highest BCUT2D eigenvalue weighted by Gasteiger charge is 2.01. The summed E-state index contributed by atoms with van der Waals surface area (Å²) in [4.78, 5) is 66.7. The molecule has 1 aliphatic rings. The fourth-order valence-electron chi connectivity index (χ4n) is 0.0667. The van der Waals surface area contributed by atoms with E-state index in [2.05, 4.69) is 0 Å². The first-order valence-corrected chi connectivity index (χ1v) is 8.34. The summed E-state index contributed by atoms with van der Waals surface area (Å²) >= 11 is 0. The average molecular weight is 349 g/mol. The van der Waals surface area contributed by atoms with E-state index in [1.54, 1.807) is 0 Å². The van der Waals surface area contributed by atoms with Crippen LogP contribution >= 0.6 is 23.5 Å². The van der Waals surface area contributed by atoms with Crippen LogP contribution in [0, 0.1) is 0 Å². The summed E-state index contributed by atoms with van der Waals surface area (Å²) in [5.74, 6) is 0. The smallest absolute Gasteiger partial charge is 0.354 e. The number of rotatable bonds is 0.